The van der Waals surface area contributed by atoms with E-state index in [1.54, 1.807) is 11.3 Å². The monoisotopic (exact) mass is 317 g/mol. The van der Waals surface area contributed by atoms with E-state index in [0.717, 1.165) is 48.9 Å². The maximum atomic E-state index is 12.3. The largest absolute Gasteiger partial charge is 0.342 e. The third kappa shape index (κ3) is 3.65. The number of fused-ring (bicyclic) bond motifs is 1. The number of nitrogens with zero attached hydrogens (tertiary/aromatic N) is 3. The van der Waals surface area contributed by atoms with Crippen molar-refractivity contribution in [1.82, 2.24) is 14.8 Å². The maximum Gasteiger partial charge on any atom is 0.236 e. The van der Waals surface area contributed by atoms with Crippen molar-refractivity contribution in [1.29, 1.82) is 0 Å². The second-order valence-corrected chi connectivity index (χ2v) is 7.43. The topological polar surface area (TPSA) is 36.4 Å². The lowest BCUT2D eigenvalue weighted by Crippen LogP contribution is -2.42. The zero-order valence-corrected chi connectivity index (χ0v) is 14.1. The van der Waals surface area contributed by atoms with Crippen molar-refractivity contribution in [2.75, 3.05) is 26.7 Å². The first kappa shape index (κ1) is 15.4. The molecule has 1 aromatic carbocycles. The molecule has 1 saturated heterocycles. The van der Waals surface area contributed by atoms with Crippen molar-refractivity contribution in [2.24, 2.45) is 5.92 Å². The summed E-state index contributed by atoms with van der Waals surface area (Å²) < 4.78 is 1.21. The van der Waals surface area contributed by atoms with Crippen molar-refractivity contribution >= 4 is 27.5 Å². The van der Waals surface area contributed by atoms with Gasteiger partial charge in [-0.1, -0.05) is 19.1 Å². The number of likely N-dealkylation sites (tertiary alicyclic amines) is 1. The Morgan fingerprint density at radius 3 is 2.82 bits per heavy atom. The van der Waals surface area contributed by atoms with Gasteiger partial charge in [0, 0.05) is 13.1 Å². The van der Waals surface area contributed by atoms with Crippen LogP contribution >= 0.6 is 11.3 Å². The predicted octanol–water partition coefficient (Wildman–Crippen LogP) is 2.99. The minimum atomic E-state index is 0.246. The second kappa shape index (κ2) is 6.75. The highest BCUT2D eigenvalue weighted by atomic mass is 32.1. The normalized spacial score (nSPS) is 16.6. The number of rotatable bonds is 4. The van der Waals surface area contributed by atoms with E-state index in [4.69, 9.17) is 0 Å². The molecule has 0 spiro atoms. The van der Waals surface area contributed by atoms with Crippen LogP contribution in [0.5, 0.6) is 0 Å². The van der Waals surface area contributed by atoms with Gasteiger partial charge in [-0.15, -0.1) is 11.3 Å². The Labute approximate surface area is 135 Å². The zero-order valence-electron chi connectivity index (χ0n) is 13.3. The molecule has 3 rings (SSSR count). The Kier molecular flexibility index (Phi) is 4.74. The third-order valence-corrected chi connectivity index (χ3v) is 5.31. The Balaban J connectivity index is 1.55. The summed E-state index contributed by atoms with van der Waals surface area (Å²) in [6.45, 7) is 5.30. The van der Waals surface area contributed by atoms with Gasteiger partial charge in [0.2, 0.25) is 5.91 Å². The average Bonchev–Trinajstić information content (AvgIpc) is 2.89. The van der Waals surface area contributed by atoms with Gasteiger partial charge in [-0.3, -0.25) is 9.69 Å². The molecule has 0 N–H and O–H groups in total. The number of aromatic nitrogens is 1. The van der Waals surface area contributed by atoms with Crippen LogP contribution in [-0.4, -0.2) is 47.4 Å². The van der Waals surface area contributed by atoms with E-state index in [0.29, 0.717) is 6.54 Å². The summed E-state index contributed by atoms with van der Waals surface area (Å²) >= 11 is 1.71. The quantitative estimate of drug-likeness (QED) is 0.870. The molecule has 4 nitrogen and oxygen atoms in total. The van der Waals surface area contributed by atoms with Gasteiger partial charge in [0.15, 0.2) is 0 Å². The molecule has 0 atom stereocenters. The number of likely N-dealkylation sites (N-methyl/N-ethyl adjacent to an activating group) is 1. The number of thiazole rings is 1. The highest BCUT2D eigenvalue weighted by Crippen LogP contribution is 2.22. The SMILES string of the molecule is CC1CCN(C(=O)CN(C)Cc2nc3ccccc3s2)CC1. The molecule has 22 heavy (non-hydrogen) atoms. The number of piperidine rings is 1. The number of para-hydroxylation sites is 1. The molecule has 1 fully saturated rings. The summed E-state index contributed by atoms with van der Waals surface area (Å²) in [6, 6.07) is 8.18. The molecule has 2 heterocycles. The highest BCUT2D eigenvalue weighted by Gasteiger charge is 2.21. The Hall–Kier alpha value is -1.46. The van der Waals surface area contributed by atoms with Crippen LogP contribution in [0.4, 0.5) is 0 Å². The van der Waals surface area contributed by atoms with Crippen LogP contribution in [0.3, 0.4) is 0 Å². The molecule has 1 aliphatic rings. The Morgan fingerprint density at radius 1 is 1.36 bits per heavy atom. The summed E-state index contributed by atoms with van der Waals surface area (Å²) in [6.07, 6.45) is 2.26. The smallest absolute Gasteiger partial charge is 0.236 e. The molecule has 0 radical (unpaired) electrons. The lowest BCUT2D eigenvalue weighted by Gasteiger charge is -2.31. The third-order valence-electron chi connectivity index (χ3n) is 4.28. The average molecular weight is 317 g/mol. The van der Waals surface area contributed by atoms with Crippen molar-refractivity contribution in [3.63, 3.8) is 0 Å². The van der Waals surface area contributed by atoms with Crippen LogP contribution < -0.4 is 0 Å². The van der Waals surface area contributed by atoms with Crippen molar-refractivity contribution < 1.29 is 4.79 Å². The Morgan fingerprint density at radius 2 is 2.09 bits per heavy atom. The van der Waals surface area contributed by atoms with Gasteiger partial charge >= 0.3 is 0 Å². The van der Waals surface area contributed by atoms with E-state index < -0.39 is 0 Å². The van der Waals surface area contributed by atoms with Gasteiger partial charge in [-0.05, 0) is 37.9 Å². The van der Waals surface area contributed by atoms with Gasteiger partial charge in [-0.25, -0.2) is 4.98 Å². The highest BCUT2D eigenvalue weighted by molar-refractivity contribution is 7.18. The summed E-state index contributed by atoms with van der Waals surface area (Å²) in [7, 11) is 2.00. The molecule has 0 aliphatic carbocycles. The van der Waals surface area contributed by atoms with Gasteiger partial charge in [0.25, 0.3) is 0 Å². The fourth-order valence-electron chi connectivity index (χ4n) is 2.86. The summed E-state index contributed by atoms with van der Waals surface area (Å²) in [4.78, 5) is 21.1. The fourth-order valence-corrected chi connectivity index (χ4v) is 3.91. The first-order chi connectivity index (χ1) is 10.6. The van der Waals surface area contributed by atoms with E-state index >= 15 is 0 Å². The van der Waals surface area contributed by atoms with Crippen LogP contribution in [0.25, 0.3) is 10.2 Å². The molecule has 1 aromatic heterocycles. The van der Waals surface area contributed by atoms with Crippen LogP contribution in [0, 0.1) is 5.92 Å². The van der Waals surface area contributed by atoms with Crippen LogP contribution in [-0.2, 0) is 11.3 Å². The number of carbonyl (C=O) groups is 1. The van der Waals surface area contributed by atoms with Crippen LogP contribution in [0.2, 0.25) is 0 Å². The predicted molar refractivity (Wildman–Crippen MR) is 90.9 cm³/mol. The standard InChI is InChI=1S/C17H23N3OS/c1-13-7-9-20(10-8-13)17(21)12-19(2)11-16-18-14-5-3-4-6-15(14)22-16/h3-6,13H,7-12H2,1-2H3. The number of hydrogen-bond donors (Lipinski definition) is 0. The van der Waals surface area contributed by atoms with Crippen LogP contribution in [0.15, 0.2) is 24.3 Å². The first-order valence-electron chi connectivity index (χ1n) is 7.92. The van der Waals surface area contributed by atoms with Gasteiger partial charge in [-0.2, -0.15) is 0 Å². The number of carbonyl (C=O) groups excluding carboxylic acids is 1. The molecule has 2 aromatic rings. The molecule has 5 heteroatoms. The van der Waals surface area contributed by atoms with Crippen LogP contribution in [0.1, 0.15) is 24.8 Å². The summed E-state index contributed by atoms with van der Waals surface area (Å²) in [5, 5.41) is 1.07. The first-order valence-corrected chi connectivity index (χ1v) is 8.74. The zero-order chi connectivity index (χ0) is 15.5. The molecule has 1 amide bonds. The molecule has 118 valence electrons. The van der Waals surface area contributed by atoms with Gasteiger partial charge in [0.05, 0.1) is 23.3 Å². The molecule has 1 aliphatic heterocycles. The minimum absolute atomic E-state index is 0.246. The molecule has 0 unspecified atom stereocenters. The second-order valence-electron chi connectivity index (χ2n) is 6.31. The summed E-state index contributed by atoms with van der Waals surface area (Å²) in [5.74, 6) is 1.00. The van der Waals surface area contributed by atoms with Gasteiger partial charge < -0.3 is 4.90 Å². The fraction of sp³-hybridized carbons (Fsp3) is 0.529. The summed E-state index contributed by atoms with van der Waals surface area (Å²) in [5.41, 5.74) is 1.05. The lowest BCUT2D eigenvalue weighted by atomic mass is 9.99. The number of hydrogen-bond acceptors (Lipinski definition) is 4. The maximum absolute atomic E-state index is 12.3. The van der Waals surface area contributed by atoms with E-state index in [2.05, 4.69) is 22.9 Å². The number of benzene rings is 1. The van der Waals surface area contributed by atoms with Crippen molar-refractivity contribution in [2.45, 2.75) is 26.3 Å². The number of amides is 1. The molecule has 0 saturated carbocycles. The van der Waals surface area contributed by atoms with Crippen molar-refractivity contribution in [3.05, 3.63) is 29.3 Å². The Bertz CT molecular complexity index is 613. The van der Waals surface area contributed by atoms with Crippen molar-refractivity contribution in [3.8, 4) is 0 Å². The minimum Gasteiger partial charge on any atom is -0.342 e. The van der Waals surface area contributed by atoms with E-state index in [1.807, 2.05) is 30.1 Å². The van der Waals surface area contributed by atoms with E-state index in [9.17, 15) is 4.79 Å². The van der Waals surface area contributed by atoms with E-state index in [1.165, 1.54) is 4.70 Å². The molecule has 0 bridgehead atoms. The van der Waals surface area contributed by atoms with Gasteiger partial charge in [0.1, 0.15) is 5.01 Å². The lowest BCUT2D eigenvalue weighted by molar-refractivity contribution is -0.133. The molecular formula is C17H23N3OS. The van der Waals surface area contributed by atoms with E-state index in [-0.39, 0.29) is 5.91 Å². The molecular weight excluding hydrogens is 294 g/mol.